The van der Waals surface area contributed by atoms with Crippen LogP contribution in [-0.4, -0.2) is 29.1 Å². The number of carbonyl (C=O) groups excluding carboxylic acids is 2. The van der Waals surface area contributed by atoms with Crippen molar-refractivity contribution in [3.05, 3.63) is 24.3 Å². The second-order valence-electron chi connectivity index (χ2n) is 3.81. The number of rotatable bonds is 0. The number of hydrogen-bond donors (Lipinski definition) is 1. The lowest BCUT2D eigenvalue weighted by Gasteiger charge is -2.12. The molecule has 0 saturated heterocycles. The van der Waals surface area contributed by atoms with Gasteiger partial charge in [-0.3, -0.25) is 9.59 Å². The quantitative estimate of drug-likeness (QED) is 0.495. The largest absolute Gasteiger partial charge is 0.462 e. The Hall–Kier alpha value is -1.42. The molecule has 88 valence electrons. The summed E-state index contributed by atoms with van der Waals surface area (Å²) in [5.74, 6) is -0.451. The van der Waals surface area contributed by atoms with Crippen LogP contribution in [0.2, 0.25) is 0 Å². The first-order valence-electron chi connectivity index (χ1n) is 5.31. The van der Waals surface area contributed by atoms with Crippen molar-refractivity contribution in [3.63, 3.8) is 0 Å². The number of hydrogen-bond acceptors (Lipinski definition) is 4. The molecule has 4 heteroatoms. The summed E-state index contributed by atoms with van der Waals surface area (Å²) in [5, 5.41) is 9.42. The maximum atomic E-state index is 11.3. The van der Waals surface area contributed by atoms with Crippen LogP contribution in [0, 0.1) is 0 Å². The fourth-order valence-electron chi connectivity index (χ4n) is 1.36. The molecule has 0 aromatic rings. The van der Waals surface area contributed by atoms with Crippen LogP contribution in [0.1, 0.15) is 26.2 Å². The Morgan fingerprint density at radius 1 is 1.38 bits per heavy atom. The number of aliphatic hydroxyl groups excluding tert-OH is 1. The van der Waals surface area contributed by atoms with Crippen LogP contribution in [0.25, 0.3) is 0 Å². The van der Waals surface area contributed by atoms with Crippen LogP contribution in [0.4, 0.5) is 0 Å². The normalized spacial score (nSPS) is 32.1. The van der Waals surface area contributed by atoms with Gasteiger partial charge in [0.05, 0.1) is 12.5 Å². The molecule has 2 atom stereocenters. The van der Waals surface area contributed by atoms with E-state index in [9.17, 15) is 14.7 Å². The van der Waals surface area contributed by atoms with Crippen LogP contribution in [0.5, 0.6) is 0 Å². The van der Waals surface area contributed by atoms with Crippen LogP contribution in [0.15, 0.2) is 24.3 Å². The summed E-state index contributed by atoms with van der Waals surface area (Å²) in [6, 6.07) is 0. The zero-order chi connectivity index (χ0) is 12.0. The molecule has 0 amide bonds. The molecule has 0 aromatic carbocycles. The lowest BCUT2D eigenvalue weighted by atomic mass is 10.1. The summed E-state index contributed by atoms with van der Waals surface area (Å²) in [6.07, 6.45) is 5.72. The summed E-state index contributed by atoms with van der Waals surface area (Å²) in [6.45, 7) is 1.75. The molecule has 0 bridgehead atoms. The van der Waals surface area contributed by atoms with Gasteiger partial charge in [-0.25, -0.2) is 0 Å². The average molecular weight is 224 g/mol. The molecule has 1 rings (SSSR count). The topological polar surface area (TPSA) is 63.6 Å². The minimum absolute atomic E-state index is 0.0254. The van der Waals surface area contributed by atoms with E-state index in [0.29, 0.717) is 6.42 Å². The molecule has 1 aliphatic rings. The molecule has 4 nitrogen and oxygen atoms in total. The smallest absolute Gasteiger partial charge is 0.309 e. The van der Waals surface area contributed by atoms with Crippen molar-refractivity contribution in [3.8, 4) is 0 Å². The van der Waals surface area contributed by atoms with Crippen molar-refractivity contribution in [2.45, 2.75) is 38.4 Å². The number of aliphatic hydroxyl groups is 1. The minimum atomic E-state index is -0.879. The van der Waals surface area contributed by atoms with Crippen molar-refractivity contribution in [2.75, 3.05) is 0 Å². The van der Waals surface area contributed by atoms with Crippen molar-refractivity contribution in [1.29, 1.82) is 0 Å². The summed E-state index contributed by atoms with van der Waals surface area (Å²) in [5.41, 5.74) is 0. The molecule has 0 spiro atoms. The highest BCUT2D eigenvalue weighted by molar-refractivity contribution is 5.90. The molecule has 0 fully saturated rings. The molecular formula is C12H16O4. The molecular weight excluding hydrogens is 208 g/mol. The van der Waals surface area contributed by atoms with E-state index in [1.807, 2.05) is 0 Å². The van der Waals surface area contributed by atoms with E-state index >= 15 is 0 Å². The number of carbonyl (C=O) groups is 2. The van der Waals surface area contributed by atoms with Gasteiger partial charge in [-0.2, -0.15) is 0 Å². The molecule has 1 N–H and O–H groups in total. The van der Waals surface area contributed by atoms with E-state index in [1.165, 1.54) is 12.2 Å². The Balaban J connectivity index is 2.67. The van der Waals surface area contributed by atoms with Crippen LogP contribution >= 0.6 is 0 Å². The Bertz CT molecular complexity index is 317. The molecule has 1 heterocycles. The van der Waals surface area contributed by atoms with E-state index in [0.717, 1.165) is 0 Å². The number of cyclic esters (lactones) is 1. The van der Waals surface area contributed by atoms with Crippen LogP contribution in [0.3, 0.4) is 0 Å². The van der Waals surface area contributed by atoms with Gasteiger partial charge in [0.2, 0.25) is 0 Å². The molecule has 1 aliphatic heterocycles. The van der Waals surface area contributed by atoms with Crippen LogP contribution < -0.4 is 0 Å². The monoisotopic (exact) mass is 224 g/mol. The van der Waals surface area contributed by atoms with Crippen molar-refractivity contribution < 1.29 is 19.4 Å². The first kappa shape index (κ1) is 12.6. The zero-order valence-corrected chi connectivity index (χ0v) is 9.26. The third-order valence-corrected chi connectivity index (χ3v) is 2.16. The standard InChI is InChI=1S/C12H16O4/c1-9-4-2-5-10(13)6-3-7-11(14)8-12(15)16-9/h2-3,5,7,9,11,14H,4,6,8H2,1H3/b5-2-,7-3-. The summed E-state index contributed by atoms with van der Waals surface area (Å²) >= 11 is 0. The highest BCUT2D eigenvalue weighted by atomic mass is 16.5. The van der Waals surface area contributed by atoms with E-state index < -0.39 is 12.1 Å². The van der Waals surface area contributed by atoms with Gasteiger partial charge in [0.25, 0.3) is 0 Å². The number of ether oxygens (including phenoxy) is 1. The predicted molar refractivity (Wildman–Crippen MR) is 58.7 cm³/mol. The van der Waals surface area contributed by atoms with Crippen molar-refractivity contribution in [1.82, 2.24) is 0 Å². The maximum absolute atomic E-state index is 11.3. The van der Waals surface area contributed by atoms with E-state index in [-0.39, 0.29) is 24.7 Å². The van der Waals surface area contributed by atoms with E-state index in [2.05, 4.69) is 0 Å². The maximum Gasteiger partial charge on any atom is 0.309 e. The predicted octanol–water partition coefficient (Wildman–Crippen LogP) is 1.14. The van der Waals surface area contributed by atoms with Crippen molar-refractivity contribution >= 4 is 11.8 Å². The number of esters is 1. The molecule has 0 radical (unpaired) electrons. The third kappa shape index (κ3) is 4.89. The van der Waals surface area contributed by atoms with Gasteiger partial charge in [0.15, 0.2) is 5.78 Å². The van der Waals surface area contributed by atoms with Crippen molar-refractivity contribution in [2.24, 2.45) is 0 Å². The molecule has 0 saturated carbocycles. The average Bonchev–Trinajstić information content (AvgIpc) is 2.15. The lowest BCUT2D eigenvalue weighted by Crippen LogP contribution is -2.19. The number of allylic oxidation sites excluding steroid dienone is 2. The minimum Gasteiger partial charge on any atom is -0.462 e. The second kappa shape index (κ2) is 6.23. The van der Waals surface area contributed by atoms with E-state index in [4.69, 9.17) is 4.74 Å². The van der Waals surface area contributed by atoms with Gasteiger partial charge < -0.3 is 9.84 Å². The summed E-state index contributed by atoms with van der Waals surface area (Å²) in [7, 11) is 0. The number of ketones is 1. The van der Waals surface area contributed by atoms with Gasteiger partial charge >= 0.3 is 5.97 Å². The SMILES string of the molecule is CC1C/C=C\C(=O)C/C=C\C(O)CC(=O)O1. The Kier molecular flexibility index (Phi) is 4.92. The molecule has 2 unspecified atom stereocenters. The second-order valence-corrected chi connectivity index (χ2v) is 3.81. The fourth-order valence-corrected chi connectivity index (χ4v) is 1.36. The van der Waals surface area contributed by atoms with Gasteiger partial charge in [-0.15, -0.1) is 0 Å². The third-order valence-electron chi connectivity index (χ3n) is 2.16. The highest BCUT2D eigenvalue weighted by Gasteiger charge is 2.13. The first-order valence-corrected chi connectivity index (χ1v) is 5.31. The highest BCUT2D eigenvalue weighted by Crippen LogP contribution is 2.06. The summed E-state index contributed by atoms with van der Waals surface area (Å²) < 4.78 is 5.03. The Morgan fingerprint density at radius 2 is 2.12 bits per heavy atom. The van der Waals surface area contributed by atoms with Gasteiger partial charge in [0, 0.05) is 12.8 Å². The zero-order valence-electron chi connectivity index (χ0n) is 9.26. The van der Waals surface area contributed by atoms with Gasteiger partial charge in [-0.1, -0.05) is 18.2 Å². The Morgan fingerprint density at radius 3 is 2.88 bits per heavy atom. The fraction of sp³-hybridized carbons (Fsp3) is 0.500. The molecule has 0 aromatic heterocycles. The Labute approximate surface area is 94.6 Å². The van der Waals surface area contributed by atoms with Gasteiger partial charge in [0.1, 0.15) is 6.10 Å². The lowest BCUT2D eigenvalue weighted by molar-refractivity contribution is -0.149. The molecule has 0 aliphatic carbocycles. The molecule has 16 heavy (non-hydrogen) atoms. The summed E-state index contributed by atoms with van der Waals surface area (Å²) in [4.78, 5) is 22.5. The first-order chi connectivity index (χ1) is 7.58. The van der Waals surface area contributed by atoms with E-state index in [1.54, 1.807) is 19.1 Å². The van der Waals surface area contributed by atoms with Gasteiger partial charge in [-0.05, 0) is 13.0 Å². The van der Waals surface area contributed by atoms with Crippen LogP contribution in [-0.2, 0) is 14.3 Å².